The van der Waals surface area contributed by atoms with E-state index < -0.39 is 12.0 Å². The number of rotatable bonds is 5. The molecule has 0 heterocycles. The van der Waals surface area contributed by atoms with Crippen LogP contribution in [0.15, 0.2) is 12.7 Å². The molecular weight excluding hydrogens is 142 g/mol. The average molecular weight is 157 g/mol. The number of allylic oxidation sites excluding steroid dienone is 1. The summed E-state index contributed by atoms with van der Waals surface area (Å²) in [7, 11) is 0. The summed E-state index contributed by atoms with van der Waals surface area (Å²) in [6.07, 6.45) is 3.11. The predicted octanol–water partition coefficient (Wildman–Crippen LogP) is 1.00. The number of hydrogen-bond donors (Lipinski definition) is 2. The second-order valence-electron chi connectivity index (χ2n) is 2.81. The van der Waals surface area contributed by atoms with Crippen LogP contribution in [0.4, 0.5) is 0 Å². The first-order chi connectivity index (χ1) is 5.07. The Kier molecular flexibility index (Phi) is 4.54. The summed E-state index contributed by atoms with van der Waals surface area (Å²) in [6.45, 7) is 5.53. The first-order valence-corrected chi connectivity index (χ1v) is 3.67. The molecule has 0 bridgehead atoms. The van der Waals surface area contributed by atoms with Crippen molar-refractivity contribution in [1.82, 2.24) is 0 Å². The maximum atomic E-state index is 10.3. The molecule has 0 aromatic rings. The van der Waals surface area contributed by atoms with Gasteiger partial charge in [0.1, 0.15) is 6.04 Å². The standard InChI is InChI=1S/C8H15NO2/c1-3-4-6(2)5-7(9)8(10)11/h3,6-7H,1,4-5,9H2,2H3,(H,10,11)/t6-,7+/m1/s1. The van der Waals surface area contributed by atoms with Gasteiger partial charge in [-0.2, -0.15) is 0 Å². The van der Waals surface area contributed by atoms with E-state index >= 15 is 0 Å². The summed E-state index contributed by atoms with van der Waals surface area (Å²) < 4.78 is 0. The molecule has 0 aliphatic heterocycles. The maximum absolute atomic E-state index is 10.3. The van der Waals surface area contributed by atoms with Crippen molar-refractivity contribution < 1.29 is 9.90 Å². The molecule has 0 rings (SSSR count). The highest BCUT2D eigenvalue weighted by molar-refractivity contribution is 5.72. The number of carbonyl (C=O) groups is 1. The average Bonchev–Trinajstić information content (AvgIpc) is 1.87. The Morgan fingerprint density at radius 2 is 2.36 bits per heavy atom. The molecule has 0 spiro atoms. The zero-order chi connectivity index (χ0) is 8.85. The lowest BCUT2D eigenvalue weighted by atomic mass is 9.99. The van der Waals surface area contributed by atoms with Gasteiger partial charge in [0, 0.05) is 0 Å². The largest absolute Gasteiger partial charge is 0.480 e. The molecule has 2 atom stereocenters. The number of nitrogens with two attached hydrogens (primary N) is 1. The second kappa shape index (κ2) is 4.91. The zero-order valence-corrected chi connectivity index (χ0v) is 6.79. The van der Waals surface area contributed by atoms with Crippen molar-refractivity contribution in [3.63, 3.8) is 0 Å². The molecule has 0 aromatic carbocycles. The Labute approximate surface area is 66.9 Å². The van der Waals surface area contributed by atoms with Gasteiger partial charge in [-0.3, -0.25) is 4.79 Å². The van der Waals surface area contributed by atoms with Crippen molar-refractivity contribution in [1.29, 1.82) is 0 Å². The molecule has 3 nitrogen and oxygen atoms in total. The number of aliphatic carboxylic acids is 1. The quantitative estimate of drug-likeness (QED) is 0.585. The van der Waals surface area contributed by atoms with Gasteiger partial charge in [-0.15, -0.1) is 6.58 Å². The van der Waals surface area contributed by atoms with Crippen LogP contribution < -0.4 is 5.73 Å². The van der Waals surface area contributed by atoms with E-state index in [1.807, 2.05) is 6.92 Å². The van der Waals surface area contributed by atoms with Crippen LogP contribution in [-0.2, 0) is 4.79 Å². The molecule has 0 unspecified atom stereocenters. The van der Waals surface area contributed by atoms with E-state index in [1.165, 1.54) is 0 Å². The molecular formula is C8H15NO2. The van der Waals surface area contributed by atoms with E-state index in [0.29, 0.717) is 12.3 Å². The minimum atomic E-state index is -0.930. The first-order valence-electron chi connectivity index (χ1n) is 3.67. The van der Waals surface area contributed by atoms with Crippen LogP contribution in [0.1, 0.15) is 19.8 Å². The van der Waals surface area contributed by atoms with Gasteiger partial charge in [0.15, 0.2) is 0 Å². The lowest BCUT2D eigenvalue weighted by Gasteiger charge is -2.11. The smallest absolute Gasteiger partial charge is 0.320 e. The molecule has 11 heavy (non-hydrogen) atoms. The molecule has 0 saturated carbocycles. The number of hydrogen-bond acceptors (Lipinski definition) is 2. The van der Waals surface area contributed by atoms with E-state index in [4.69, 9.17) is 10.8 Å². The Morgan fingerprint density at radius 3 is 2.73 bits per heavy atom. The molecule has 64 valence electrons. The summed E-state index contributed by atoms with van der Waals surface area (Å²) in [4.78, 5) is 10.3. The first kappa shape index (κ1) is 10.2. The molecule has 0 aliphatic carbocycles. The van der Waals surface area contributed by atoms with Crippen molar-refractivity contribution in [2.45, 2.75) is 25.8 Å². The molecule has 0 radical (unpaired) electrons. The van der Waals surface area contributed by atoms with Crippen molar-refractivity contribution in [2.24, 2.45) is 11.7 Å². The molecule has 0 fully saturated rings. The summed E-state index contributed by atoms with van der Waals surface area (Å²) in [5.74, 6) is -0.625. The van der Waals surface area contributed by atoms with E-state index in [1.54, 1.807) is 6.08 Å². The number of carboxylic acid groups (broad SMARTS) is 1. The van der Waals surface area contributed by atoms with Gasteiger partial charge in [0.25, 0.3) is 0 Å². The molecule has 3 N–H and O–H groups in total. The van der Waals surface area contributed by atoms with Gasteiger partial charge in [-0.05, 0) is 18.8 Å². The Bertz CT molecular complexity index is 145. The third-order valence-corrected chi connectivity index (χ3v) is 1.54. The molecule has 0 aliphatic rings. The van der Waals surface area contributed by atoms with Crippen molar-refractivity contribution >= 4 is 5.97 Å². The van der Waals surface area contributed by atoms with Crippen LogP contribution in [0.25, 0.3) is 0 Å². The molecule has 0 amide bonds. The van der Waals surface area contributed by atoms with Gasteiger partial charge in [-0.1, -0.05) is 13.0 Å². The fourth-order valence-electron chi connectivity index (χ4n) is 0.915. The molecule has 3 heteroatoms. The highest BCUT2D eigenvalue weighted by Gasteiger charge is 2.14. The van der Waals surface area contributed by atoms with Crippen LogP contribution in [0.3, 0.4) is 0 Å². The predicted molar refractivity (Wildman–Crippen MR) is 44.2 cm³/mol. The van der Waals surface area contributed by atoms with E-state index in [-0.39, 0.29) is 0 Å². The summed E-state index contributed by atoms with van der Waals surface area (Å²) in [5, 5.41) is 8.45. The highest BCUT2D eigenvalue weighted by atomic mass is 16.4. The third kappa shape index (κ3) is 4.56. The summed E-state index contributed by atoms with van der Waals surface area (Å²) >= 11 is 0. The van der Waals surface area contributed by atoms with E-state index in [9.17, 15) is 4.79 Å². The lowest BCUT2D eigenvalue weighted by molar-refractivity contribution is -0.138. The highest BCUT2D eigenvalue weighted by Crippen LogP contribution is 2.09. The van der Waals surface area contributed by atoms with Crippen LogP contribution in [0.2, 0.25) is 0 Å². The third-order valence-electron chi connectivity index (χ3n) is 1.54. The monoisotopic (exact) mass is 157 g/mol. The van der Waals surface area contributed by atoms with Gasteiger partial charge >= 0.3 is 5.97 Å². The topological polar surface area (TPSA) is 63.3 Å². The van der Waals surface area contributed by atoms with Gasteiger partial charge in [0.05, 0.1) is 0 Å². The maximum Gasteiger partial charge on any atom is 0.320 e. The zero-order valence-electron chi connectivity index (χ0n) is 6.79. The molecule has 0 aromatic heterocycles. The van der Waals surface area contributed by atoms with Crippen molar-refractivity contribution in [3.05, 3.63) is 12.7 Å². The minimum Gasteiger partial charge on any atom is -0.480 e. The van der Waals surface area contributed by atoms with Crippen molar-refractivity contribution in [3.8, 4) is 0 Å². The number of carboxylic acids is 1. The van der Waals surface area contributed by atoms with E-state index in [2.05, 4.69) is 6.58 Å². The van der Waals surface area contributed by atoms with Gasteiger partial charge in [-0.25, -0.2) is 0 Å². The van der Waals surface area contributed by atoms with Crippen molar-refractivity contribution in [2.75, 3.05) is 0 Å². The summed E-state index contributed by atoms with van der Waals surface area (Å²) in [5.41, 5.74) is 5.31. The van der Waals surface area contributed by atoms with Crippen LogP contribution in [0.5, 0.6) is 0 Å². The van der Waals surface area contributed by atoms with Crippen LogP contribution >= 0.6 is 0 Å². The van der Waals surface area contributed by atoms with Crippen LogP contribution in [0, 0.1) is 5.92 Å². The Hall–Kier alpha value is -0.830. The summed E-state index contributed by atoms with van der Waals surface area (Å²) in [6, 6.07) is -0.732. The fraction of sp³-hybridized carbons (Fsp3) is 0.625. The minimum absolute atomic E-state index is 0.304. The normalized spacial score (nSPS) is 15.5. The van der Waals surface area contributed by atoms with E-state index in [0.717, 1.165) is 6.42 Å². The fourth-order valence-corrected chi connectivity index (χ4v) is 0.915. The van der Waals surface area contributed by atoms with Crippen LogP contribution in [-0.4, -0.2) is 17.1 Å². The SMILES string of the molecule is C=CC[C@@H](C)C[C@H](N)C(=O)O. The molecule has 0 saturated heterocycles. The lowest BCUT2D eigenvalue weighted by Crippen LogP contribution is -2.31. The Balaban J connectivity index is 3.64. The van der Waals surface area contributed by atoms with Gasteiger partial charge < -0.3 is 10.8 Å². The van der Waals surface area contributed by atoms with Gasteiger partial charge in [0.2, 0.25) is 0 Å². The Morgan fingerprint density at radius 1 is 1.82 bits per heavy atom. The second-order valence-corrected chi connectivity index (χ2v) is 2.81.